The molecule has 0 aromatic heterocycles. The number of nitrogens with zero attached hydrogens (tertiary/aromatic N) is 1. The largest absolute Gasteiger partial charge is 0.273 e. The van der Waals surface area contributed by atoms with E-state index < -0.39 is 0 Å². The standard InChI is InChI=1S/C7H8ClNS/c1-5(10)6-2-3-9-7(8)4-6/h4,10H,1-3H2. The molecular formula is C7H8ClNS. The van der Waals surface area contributed by atoms with E-state index in [0.717, 1.165) is 23.4 Å². The second-order valence-corrected chi connectivity index (χ2v) is 3.00. The van der Waals surface area contributed by atoms with Crippen LogP contribution >= 0.6 is 24.2 Å². The lowest BCUT2D eigenvalue weighted by Crippen LogP contribution is -1.98. The lowest BCUT2D eigenvalue weighted by molar-refractivity contribution is 0.961. The Bertz CT molecular complexity index is 218. The minimum Gasteiger partial charge on any atom is -0.273 e. The topological polar surface area (TPSA) is 12.4 Å². The minimum absolute atomic E-state index is 0.552. The summed E-state index contributed by atoms with van der Waals surface area (Å²) in [6.07, 6.45) is 2.71. The molecule has 0 aliphatic carbocycles. The molecule has 0 spiro atoms. The van der Waals surface area contributed by atoms with Gasteiger partial charge in [-0.3, -0.25) is 4.99 Å². The highest BCUT2D eigenvalue weighted by molar-refractivity contribution is 7.84. The van der Waals surface area contributed by atoms with Gasteiger partial charge >= 0.3 is 0 Å². The van der Waals surface area contributed by atoms with Crippen LogP contribution in [0.3, 0.4) is 0 Å². The number of hydrogen-bond donors (Lipinski definition) is 1. The molecule has 0 amide bonds. The van der Waals surface area contributed by atoms with E-state index in [1.165, 1.54) is 0 Å². The predicted octanol–water partition coefficient (Wildman–Crippen LogP) is 2.40. The van der Waals surface area contributed by atoms with Crippen LogP contribution in [-0.4, -0.2) is 11.7 Å². The Morgan fingerprint density at radius 1 is 1.80 bits per heavy atom. The lowest BCUT2D eigenvalue weighted by Gasteiger charge is -2.07. The van der Waals surface area contributed by atoms with Gasteiger partial charge in [-0.05, 0) is 18.1 Å². The summed E-state index contributed by atoms with van der Waals surface area (Å²) >= 11 is 9.76. The van der Waals surface area contributed by atoms with Gasteiger partial charge in [-0.2, -0.15) is 0 Å². The lowest BCUT2D eigenvalue weighted by atomic mass is 10.1. The fourth-order valence-corrected chi connectivity index (χ4v) is 1.16. The first-order valence-corrected chi connectivity index (χ1v) is 3.81. The number of dihydropyridines is 1. The first-order chi connectivity index (χ1) is 4.70. The van der Waals surface area contributed by atoms with Crippen LogP contribution < -0.4 is 0 Å². The van der Waals surface area contributed by atoms with Gasteiger partial charge in [-0.15, -0.1) is 12.6 Å². The van der Waals surface area contributed by atoms with E-state index in [-0.39, 0.29) is 0 Å². The van der Waals surface area contributed by atoms with Crippen molar-refractivity contribution < 1.29 is 0 Å². The summed E-state index contributed by atoms with van der Waals surface area (Å²) in [5.41, 5.74) is 1.09. The van der Waals surface area contributed by atoms with E-state index in [4.69, 9.17) is 11.6 Å². The van der Waals surface area contributed by atoms with Crippen LogP contribution in [0.25, 0.3) is 0 Å². The van der Waals surface area contributed by atoms with Crippen LogP contribution in [0.15, 0.2) is 28.1 Å². The number of rotatable bonds is 1. The Balaban J connectivity index is 2.78. The maximum absolute atomic E-state index is 5.65. The van der Waals surface area contributed by atoms with Crippen molar-refractivity contribution in [2.24, 2.45) is 4.99 Å². The van der Waals surface area contributed by atoms with Crippen molar-refractivity contribution in [3.05, 3.63) is 23.1 Å². The van der Waals surface area contributed by atoms with Gasteiger partial charge in [0.05, 0.1) is 0 Å². The molecular weight excluding hydrogens is 166 g/mol. The molecule has 0 saturated carbocycles. The van der Waals surface area contributed by atoms with Crippen molar-refractivity contribution >= 4 is 29.4 Å². The van der Waals surface area contributed by atoms with Crippen molar-refractivity contribution in [2.45, 2.75) is 6.42 Å². The van der Waals surface area contributed by atoms with Crippen LogP contribution in [0.5, 0.6) is 0 Å². The average Bonchev–Trinajstić information content (AvgIpc) is 1.88. The molecule has 1 aliphatic rings. The highest BCUT2D eigenvalue weighted by Gasteiger charge is 2.04. The van der Waals surface area contributed by atoms with Crippen molar-refractivity contribution in [1.29, 1.82) is 0 Å². The van der Waals surface area contributed by atoms with Gasteiger partial charge in [0.1, 0.15) is 5.17 Å². The van der Waals surface area contributed by atoms with E-state index in [1.807, 2.05) is 0 Å². The number of thiol groups is 1. The summed E-state index contributed by atoms with van der Waals surface area (Å²) in [4.78, 5) is 4.78. The SMILES string of the molecule is C=C(S)C1=CC(Cl)=NCC1. The third kappa shape index (κ3) is 1.89. The second-order valence-electron chi connectivity index (χ2n) is 2.07. The van der Waals surface area contributed by atoms with Gasteiger partial charge in [0, 0.05) is 11.4 Å². The maximum atomic E-state index is 5.65. The molecule has 3 heteroatoms. The van der Waals surface area contributed by atoms with Crippen molar-refractivity contribution in [3.63, 3.8) is 0 Å². The molecule has 1 heterocycles. The first-order valence-electron chi connectivity index (χ1n) is 2.99. The van der Waals surface area contributed by atoms with Crippen LogP contribution in [0, 0.1) is 0 Å². The Hall–Kier alpha value is -0.210. The monoisotopic (exact) mass is 173 g/mol. The number of aliphatic imine (C=N–C) groups is 1. The number of halogens is 1. The van der Waals surface area contributed by atoms with Gasteiger partial charge in [-0.25, -0.2) is 0 Å². The van der Waals surface area contributed by atoms with Crippen LogP contribution in [0.2, 0.25) is 0 Å². The fraction of sp³-hybridized carbons (Fsp3) is 0.286. The number of hydrogen-bond acceptors (Lipinski definition) is 2. The van der Waals surface area contributed by atoms with Gasteiger partial charge in [0.25, 0.3) is 0 Å². The van der Waals surface area contributed by atoms with Gasteiger partial charge in [0.15, 0.2) is 0 Å². The quantitative estimate of drug-likeness (QED) is 0.585. The second kappa shape index (κ2) is 3.26. The van der Waals surface area contributed by atoms with E-state index in [9.17, 15) is 0 Å². The van der Waals surface area contributed by atoms with Crippen molar-refractivity contribution in [2.75, 3.05) is 6.54 Å². The molecule has 0 aromatic carbocycles. The number of allylic oxidation sites excluding steroid dienone is 2. The predicted molar refractivity (Wildman–Crippen MR) is 49.0 cm³/mol. The van der Waals surface area contributed by atoms with Crippen LogP contribution in [0.4, 0.5) is 0 Å². The Kier molecular flexibility index (Phi) is 2.57. The summed E-state index contributed by atoms with van der Waals surface area (Å²) < 4.78 is 0. The summed E-state index contributed by atoms with van der Waals surface area (Å²) in [6.45, 7) is 4.45. The molecule has 0 unspecified atom stereocenters. The van der Waals surface area contributed by atoms with Crippen LogP contribution in [0.1, 0.15) is 6.42 Å². The molecule has 1 aliphatic heterocycles. The summed E-state index contributed by atoms with van der Waals surface area (Å²) in [7, 11) is 0. The molecule has 0 aromatic rings. The average molecular weight is 174 g/mol. The van der Waals surface area contributed by atoms with E-state index in [0.29, 0.717) is 5.17 Å². The Morgan fingerprint density at radius 3 is 2.90 bits per heavy atom. The summed E-state index contributed by atoms with van der Waals surface area (Å²) in [5, 5.41) is 0.552. The highest BCUT2D eigenvalue weighted by atomic mass is 35.5. The van der Waals surface area contributed by atoms with E-state index in [2.05, 4.69) is 24.2 Å². The summed E-state index contributed by atoms with van der Waals surface area (Å²) in [5.74, 6) is 0. The third-order valence-corrected chi connectivity index (χ3v) is 1.82. The third-order valence-electron chi connectivity index (χ3n) is 1.31. The molecule has 0 N–H and O–H groups in total. The Morgan fingerprint density at radius 2 is 2.50 bits per heavy atom. The zero-order valence-electron chi connectivity index (χ0n) is 5.47. The van der Waals surface area contributed by atoms with Crippen molar-refractivity contribution in [1.82, 2.24) is 0 Å². The molecule has 0 saturated heterocycles. The minimum atomic E-state index is 0.552. The Labute approximate surface area is 70.9 Å². The molecule has 0 fully saturated rings. The van der Waals surface area contributed by atoms with Crippen LogP contribution in [-0.2, 0) is 0 Å². The molecule has 0 atom stereocenters. The molecule has 1 nitrogen and oxygen atoms in total. The maximum Gasteiger partial charge on any atom is 0.123 e. The highest BCUT2D eigenvalue weighted by Crippen LogP contribution is 2.19. The molecule has 0 bridgehead atoms. The molecule has 54 valence electrons. The first kappa shape index (κ1) is 7.89. The van der Waals surface area contributed by atoms with Gasteiger partial charge in [-0.1, -0.05) is 18.2 Å². The normalized spacial score (nSPS) is 17.8. The zero-order valence-corrected chi connectivity index (χ0v) is 7.12. The van der Waals surface area contributed by atoms with E-state index >= 15 is 0 Å². The summed E-state index contributed by atoms with van der Waals surface area (Å²) in [6, 6.07) is 0. The van der Waals surface area contributed by atoms with E-state index in [1.54, 1.807) is 6.08 Å². The zero-order chi connectivity index (χ0) is 7.56. The molecule has 0 radical (unpaired) electrons. The van der Waals surface area contributed by atoms with Gasteiger partial charge in [0.2, 0.25) is 0 Å². The molecule has 1 rings (SSSR count). The van der Waals surface area contributed by atoms with Gasteiger partial charge < -0.3 is 0 Å². The molecule has 10 heavy (non-hydrogen) atoms. The smallest absolute Gasteiger partial charge is 0.123 e. The fourth-order valence-electron chi connectivity index (χ4n) is 0.772. The van der Waals surface area contributed by atoms with Crippen molar-refractivity contribution in [3.8, 4) is 0 Å².